The van der Waals surface area contributed by atoms with Crippen molar-refractivity contribution >= 4 is 11.9 Å². The summed E-state index contributed by atoms with van der Waals surface area (Å²) in [6.07, 6.45) is 0. The highest BCUT2D eigenvalue weighted by molar-refractivity contribution is 5.95. The Bertz CT molecular complexity index is 524. The number of piperazine rings is 1. The summed E-state index contributed by atoms with van der Waals surface area (Å²) in [6.45, 7) is 5.81. The Hall–Kier alpha value is -2.02. The van der Waals surface area contributed by atoms with Gasteiger partial charge >= 0.3 is 5.97 Å². The van der Waals surface area contributed by atoms with E-state index in [1.807, 2.05) is 4.90 Å². The Morgan fingerprint density at radius 2 is 1.85 bits per heavy atom. The lowest BCUT2D eigenvalue weighted by Crippen LogP contribution is -2.50. The van der Waals surface area contributed by atoms with Gasteiger partial charge in [0.1, 0.15) is 0 Å². The number of hydrogen-bond donors (Lipinski definition) is 1. The molecule has 1 aliphatic rings. The number of carbonyl (C=O) groups excluding carboxylic acids is 1. The van der Waals surface area contributed by atoms with Crippen LogP contribution in [0, 0.1) is 13.8 Å². The van der Waals surface area contributed by atoms with Crippen LogP contribution in [0.25, 0.3) is 0 Å². The van der Waals surface area contributed by atoms with E-state index in [1.54, 1.807) is 24.8 Å². The van der Waals surface area contributed by atoms with Crippen molar-refractivity contribution in [3.05, 3.63) is 23.0 Å². The lowest BCUT2D eigenvalue weighted by Gasteiger charge is -2.34. The van der Waals surface area contributed by atoms with Gasteiger partial charge in [-0.1, -0.05) is 0 Å². The molecule has 2 heterocycles. The third-order valence-electron chi connectivity index (χ3n) is 3.35. The predicted octanol–water partition coefficient (Wildman–Crippen LogP) is -0.0642. The highest BCUT2D eigenvalue weighted by Crippen LogP contribution is 2.11. The van der Waals surface area contributed by atoms with E-state index in [2.05, 4.69) is 10.2 Å². The minimum Gasteiger partial charge on any atom is -0.480 e. The Morgan fingerprint density at radius 1 is 1.20 bits per heavy atom. The Morgan fingerprint density at radius 3 is 2.45 bits per heavy atom. The van der Waals surface area contributed by atoms with Crippen molar-refractivity contribution in [2.45, 2.75) is 13.8 Å². The molecule has 0 unspecified atom stereocenters. The number of aryl methyl sites for hydroxylation is 2. The third-order valence-corrected chi connectivity index (χ3v) is 3.35. The number of aromatic nitrogens is 2. The number of aliphatic carboxylic acids is 1. The molecule has 1 aromatic rings. The van der Waals surface area contributed by atoms with Crippen LogP contribution < -0.4 is 0 Å². The van der Waals surface area contributed by atoms with Crippen LogP contribution in [0.3, 0.4) is 0 Å². The summed E-state index contributed by atoms with van der Waals surface area (Å²) >= 11 is 0. The monoisotopic (exact) mass is 278 g/mol. The topological polar surface area (TPSA) is 86.6 Å². The number of amides is 1. The summed E-state index contributed by atoms with van der Waals surface area (Å²) in [5.41, 5.74) is 1.90. The van der Waals surface area contributed by atoms with Gasteiger partial charge in [0, 0.05) is 26.2 Å². The lowest BCUT2D eigenvalue weighted by atomic mass is 10.1. The second-order valence-corrected chi connectivity index (χ2v) is 4.95. The van der Waals surface area contributed by atoms with Crippen molar-refractivity contribution in [1.82, 2.24) is 20.0 Å². The molecule has 1 amide bonds. The molecule has 7 nitrogen and oxygen atoms in total. The van der Waals surface area contributed by atoms with Crippen molar-refractivity contribution in [2.24, 2.45) is 0 Å². The van der Waals surface area contributed by atoms with E-state index in [0.29, 0.717) is 43.1 Å². The van der Waals surface area contributed by atoms with E-state index in [9.17, 15) is 9.59 Å². The summed E-state index contributed by atoms with van der Waals surface area (Å²) < 4.78 is 0. The Labute approximate surface area is 117 Å². The second-order valence-electron chi connectivity index (χ2n) is 4.95. The van der Waals surface area contributed by atoms with Crippen LogP contribution in [0.5, 0.6) is 0 Å². The molecule has 0 spiro atoms. The standard InChI is InChI=1S/C13H18N4O3/c1-9-7-11(10(2)15-14-9)13(20)17-5-3-16(4-6-17)8-12(18)19/h7H,3-6,8H2,1-2H3,(H,18,19). The van der Waals surface area contributed by atoms with Crippen LogP contribution in [-0.2, 0) is 4.79 Å². The molecular weight excluding hydrogens is 260 g/mol. The lowest BCUT2D eigenvalue weighted by molar-refractivity contribution is -0.138. The number of hydrogen-bond acceptors (Lipinski definition) is 5. The van der Waals surface area contributed by atoms with E-state index >= 15 is 0 Å². The first-order chi connectivity index (χ1) is 9.47. The number of rotatable bonds is 3. The average Bonchev–Trinajstić information content (AvgIpc) is 2.41. The van der Waals surface area contributed by atoms with Gasteiger partial charge in [-0.2, -0.15) is 10.2 Å². The van der Waals surface area contributed by atoms with Crippen LogP contribution in [0.15, 0.2) is 6.07 Å². The van der Waals surface area contributed by atoms with Gasteiger partial charge in [0.15, 0.2) is 0 Å². The molecule has 1 aliphatic heterocycles. The maximum atomic E-state index is 12.4. The molecule has 20 heavy (non-hydrogen) atoms. The van der Waals surface area contributed by atoms with Gasteiger partial charge in [-0.3, -0.25) is 14.5 Å². The first-order valence-electron chi connectivity index (χ1n) is 6.51. The molecule has 7 heteroatoms. The molecule has 0 bridgehead atoms. The number of nitrogens with zero attached hydrogens (tertiary/aromatic N) is 4. The summed E-state index contributed by atoms with van der Waals surface area (Å²) in [4.78, 5) is 26.6. The van der Waals surface area contributed by atoms with Crippen LogP contribution in [0.2, 0.25) is 0 Å². The zero-order chi connectivity index (χ0) is 14.7. The average molecular weight is 278 g/mol. The van der Waals surface area contributed by atoms with Crippen molar-refractivity contribution in [3.63, 3.8) is 0 Å². The van der Waals surface area contributed by atoms with Crippen LogP contribution >= 0.6 is 0 Å². The van der Waals surface area contributed by atoms with Gasteiger partial charge in [-0.25, -0.2) is 0 Å². The largest absolute Gasteiger partial charge is 0.480 e. The maximum Gasteiger partial charge on any atom is 0.317 e. The van der Waals surface area contributed by atoms with Crippen LogP contribution in [0.4, 0.5) is 0 Å². The fourth-order valence-corrected chi connectivity index (χ4v) is 2.24. The molecule has 1 fully saturated rings. The first-order valence-corrected chi connectivity index (χ1v) is 6.51. The van der Waals surface area contributed by atoms with Crippen LogP contribution in [-0.4, -0.2) is 69.7 Å². The fourth-order valence-electron chi connectivity index (χ4n) is 2.24. The van der Waals surface area contributed by atoms with Crippen molar-refractivity contribution in [2.75, 3.05) is 32.7 Å². The van der Waals surface area contributed by atoms with E-state index < -0.39 is 5.97 Å². The predicted molar refractivity (Wildman–Crippen MR) is 71.5 cm³/mol. The molecule has 0 atom stereocenters. The highest BCUT2D eigenvalue weighted by Gasteiger charge is 2.24. The number of carboxylic acid groups (broad SMARTS) is 1. The molecule has 0 aliphatic carbocycles. The van der Waals surface area contributed by atoms with Gasteiger partial charge in [0.25, 0.3) is 5.91 Å². The molecular formula is C13H18N4O3. The van der Waals surface area contributed by atoms with Gasteiger partial charge in [0.05, 0.1) is 23.5 Å². The Balaban J connectivity index is 2.01. The third kappa shape index (κ3) is 3.30. The maximum absolute atomic E-state index is 12.4. The molecule has 108 valence electrons. The van der Waals surface area contributed by atoms with Gasteiger partial charge < -0.3 is 10.0 Å². The number of carbonyl (C=O) groups is 2. The summed E-state index contributed by atoms with van der Waals surface area (Å²) in [7, 11) is 0. The molecule has 1 aromatic heterocycles. The molecule has 1 saturated heterocycles. The fraction of sp³-hybridized carbons (Fsp3) is 0.538. The molecule has 0 radical (unpaired) electrons. The van der Waals surface area contributed by atoms with Gasteiger partial charge in [-0.15, -0.1) is 0 Å². The van der Waals surface area contributed by atoms with E-state index in [-0.39, 0.29) is 12.5 Å². The summed E-state index contributed by atoms with van der Waals surface area (Å²) in [5.74, 6) is -0.898. The summed E-state index contributed by atoms with van der Waals surface area (Å²) in [5, 5.41) is 16.6. The van der Waals surface area contributed by atoms with Crippen molar-refractivity contribution in [3.8, 4) is 0 Å². The normalized spacial score (nSPS) is 16.2. The van der Waals surface area contributed by atoms with Crippen molar-refractivity contribution in [1.29, 1.82) is 0 Å². The Kier molecular flexibility index (Phi) is 4.29. The number of carboxylic acids is 1. The molecule has 1 N–H and O–H groups in total. The van der Waals surface area contributed by atoms with Crippen molar-refractivity contribution < 1.29 is 14.7 Å². The van der Waals surface area contributed by atoms with E-state index in [1.165, 1.54) is 0 Å². The quantitative estimate of drug-likeness (QED) is 0.833. The molecule has 0 aromatic carbocycles. The van der Waals surface area contributed by atoms with Gasteiger partial charge in [-0.05, 0) is 19.9 Å². The smallest absolute Gasteiger partial charge is 0.317 e. The zero-order valence-corrected chi connectivity index (χ0v) is 11.7. The molecule has 0 saturated carbocycles. The SMILES string of the molecule is Cc1cc(C(=O)N2CCN(CC(=O)O)CC2)c(C)nn1. The zero-order valence-electron chi connectivity index (χ0n) is 11.7. The van der Waals surface area contributed by atoms with Crippen LogP contribution in [0.1, 0.15) is 21.7 Å². The van der Waals surface area contributed by atoms with E-state index in [4.69, 9.17) is 5.11 Å². The highest BCUT2D eigenvalue weighted by atomic mass is 16.4. The minimum atomic E-state index is -0.838. The summed E-state index contributed by atoms with van der Waals surface area (Å²) in [6, 6.07) is 1.74. The molecule has 2 rings (SSSR count). The second kappa shape index (κ2) is 5.96. The van der Waals surface area contributed by atoms with Gasteiger partial charge in [0.2, 0.25) is 0 Å². The first kappa shape index (κ1) is 14.4. The minimum absolute atomic E-state index is 0.0248. The van der Waals surface area contributed by atoms with E-state index in [0.717, 1.165) is 0 Å².